The predicted molar refractivity (Wildman–Crippen MR) is 63.4 cm³/mol. The van der Waals surface area contributed by atoms with Gasteiger partial charge in [-0.1, -0.05) is 0 Å². The monoisotopic (exact) mass is 245 g/mol. The summed E-state index contributed by atoms with van der Waals surface area (Å²) in [5.74, 6) is -0.369. The van der Waals surface area contributed by atoms with E-state index in [-0.39, 0.29) is 30.2 Å². The van der Waals surface area contributed by atoms with Crippen LogP contribution in [0.5, 0.6) is 0 Å². The maximum atomic E-state index is 11.4. The van der Waals surface area contributed by atoms with E-state index in [9.17, 15) is 4.79 Å². The van der Waals surface area contributed by atoms with Crippen molar-refractivity contribution in [1.82, 2.24) is 4.98 Å². The van der Waals surface area contributed by atoms with Crippen molar-refractivity contribution in [3.63, 3.8) is 0 Å². The number of aromatic nitrogens is 1. The number of nitriles is 2. The van der Waals surface area contributed by atoms with E-state index >= 15 is 0 Å². The largest absolute Gasteiger partial charge is 0.465 e. The van der Waals surface area contributed by atoms with Crippen molar-refractivity contribution in [2.45, 2.75) is 0 Å². The number of methoxy groups -OCH3 is 1. The fourth-order valence-corrected chi connectivity index (χ4v) is 1.38. The third-order valence-electron chi connectivity index (χ3n) is 2.20. The Morgan fingerprint density at radius 3 is 2.61 bits per heavy atom. The van der Waals surface area contributed by atoms with Gasteiger partial charge in [-0.05, 0) is 6.07 Å². The molecule has 0 aliphatic heterocycles. The van der Waals surface area contributed by atoms with Crippen LogP contribution in [0.1, 0.15) is 10.4 Å². The van der Waals surface area contributed by atoms with Gasteiger partial charge in [0.05, 0.1) is 30.5 Å². The van der Waals surface area contributed by atoms with Crippen molar-refractivity contribution in [3.05, 3.63) is 17.8 Å². The van der Waals surface area contributed by atoms with Gasteiger partial charge in [0.1, 0.15) is 13.1 Å². The van der Waals surface area contributed by atoms with Gasteiger partial charge in [0, 0.05) is 6.20 Å². The fraction of sp³-hybridized carbons (Fsp3) is 0.273. The number of hydrogen-bond acceptors (Lipinski definition) is 7. The molecule has 0 saturated heterocycles. The number of nitrogen functional groups attached to an aromatic ring is 1. The molecule has 2 N–H and O–H groups in total. The van der Waals surface area contributed by atoms with E-state index < -0.39 is 5.97 Å². The number of nitrogens with two attached hydrogens (primary N) is 1. The molecule has 0 aromatic carbocycles. The first-order valence-electron chi connectivity index (χ1n) is 4.97. The molecule has 0 atom stereocenters. The molecule has 0 bridgehead atoms. The second kappa shape index (κ2) is 6.06. The predicted octanol–water partition coefficient (Wildman–Crippen LogP) is 0.304. The molecule has 0 fully saturated rings. The number of carbonyl (C=O) groups excluding carboxylic acids is 1. The highest BCUT2D eigenvalue weighted by molar-refractivity contribution is 5.97. The molecule has 0 spiro atoms. The number of carbonyl (C=O) groups is 1. The molecule has 0 aliphatic rings. The van der Waals surface area contributed by atoms with Crippen molar-refractivity contribution in [2.75, 3.05) is 30.8 Å². The molecule has 1 aromatic heterocycles. The molecule has 1 rings (SSSR count). The lowest BCUT2D eigenvalue weighted by molar-refractivity contribution is 0.0602. The Labute approximate surface area is 104 Å². The first kappa shape index (κ1) is 13.3. The maximum absolute atomic E-state index is 11.4. The Hall–Kier alpha value is -2.80. The second-order valence-electron chi connectivity index (χ2n) is 3.26. The van der Waals surface area contributed by atoms with Crippen molar-refractivity contribution in [3.8, 4) is 12.1 Å². The van der Waals surface area contributed by atoms with Gasteiger partial charge < -0.3 is 15.4 Å². The number of anilines is 2. The highest BCUT2D eigenvalue weighted by atomic mass is 16.5. The Kier molecular flexibility index (Phi) is 4.47. The summed E-state index contributed by atoms with van der Waals surface area (Å²) in [6, 6.07) is 5.23. The Bertz CT molecular complexity index is 513. The first-order chi connectivity index (χ1) is 8.65. The van der Waals surface area contributed by atoms with Crippen LogP contribution in [0, 0.1) is 22.7 Å². The number of ether oxygens (including phenoxy) is 1. The molecular formula is C11H11N5O2. The quantitative estimate of drug-likeness (QED) is 0.599. The number of nitrogens with zero attached hydrogens (tertiary/aromatic N) is 4. The molecule has 1 heterocycles. The Morgan fingerprint density at radius 1 is 1.50 bits per heavy atom. The molecule has 7 heteroatoms. The lowest BCUT2D eigenvalue weighted by Gasteiger charge is -2.19. The van der Waals surface area contributed by atoms with Gasteiger partial charge >= 0.3 is 5.97 Å². The zero-order valence-corrected chi connectivity index (χ0v) is 9.75. The summed E-state index contributed by atoms with van der Waals surface area (Å²) in [5.41, 5.74) is 6.05. The summed E-state index contributed by atoms with van der Waals surface area (Å²) >= 11 is 0. The molecule has 0 amide bonds. The smallest absolute Gasteiger partial charge is 0.340 e. The molecule has 1 aromatic rings. The van der Waals surface area contributed by atoms with Crippen LogP contribution in [-0.2, 0) is 4.74 Å². The molecule has 92 valence electrons. The highest BCUT2D eigenvalue weighted by Gasteiger charge is 2.17. The van der Waals surface area contributed by atoms with E-state index in [1.54, 1.807) is 0 Å². The molecule has 7 nitrogen and oxygen atoms in total. The molecule has 0 unspecified atom stereocenters. The van der Waals surface area contributed by atoms with Crippen LogP contribution in [0.4, 0.5) is 11.5 Å². The second-order valence-corrected chi connectivity index (χ2v) is 3.26. The SMILES string of the molecule is COC(=O)c1ccnc(N(CC#N)CC#N)c1N. The van der Waals surface area contributed by atoms with Crippen LogP contribution in [0.3, 0.4) is 0 Å². The number of rotatable bonds is 4. The minimum atomic E-state index is -0.593. The summed E-state index contributed by atoms with van der Waals surface area (Å²) in [4.78, 5) is 16.8. The van der Waals surface area contributed by atoms with Crippen LogP contribution in [-0.4, -0.2) is 31.2 Å². The number of pyridine rings is 1. The molecule has 0 saturated carbocycles. The van der Waals surface area contributed by atoms with Gasteiger partial charge in [0.25, 0.3) is 0 Å². The summed E-state index contributed by atoms with van der Waals surface area (Å²) in [7, 11) is 1.24. The lowest BCUT2D eigenvalue weighted by Crippen LogP contribution is -2.26. The van der Waals surface area contributed by atoms with Crippen LogP contribution < -0.4 is 10.6 Å². The standard InChI is InChI=1S/C11H11N5O2/c1-18-11(17)8-2-5-15-10(9(8)14)16(6-3-12)7-4-13/h2,5H,6-7,14H2,1H3. The minimum Gasteiger partial charge on any atom is -0.465 e. The van der Waals surface area contributed by atoms with Gasteiger partial charge in [-0.3, -0.25) is 0 Å². The average molecular weight is 245 g/mol. The molecular weight excluding hydrogens is 234 g/mol. The minimum absolute atomic E-state index is 0.0462. The van der Waals surface area contributed by atoms with E-state index in [2.05, 4.69) is 9.72 Å². The fourth-order valence-electron chi connectivity index (χ4n) is 1.38. The lowest BCUT2D eigenvalue weighted by atomic mass is 10.2. The van der Waals surface area contributed by atoms with E-state index in [1.807, 2.05) is 12.1 Å². The van der Waals surface area contributed by atoms with E-state index in [0.29, 0.717) is 0 Å². The van der Waals surface area contributed by atoms with Gasteiger partial charge in [0.2, 0.25) is 0 Å². The molecule has 0 radical (unpaired) electrons. The average Bonchev–Trinajstić information content (AvgIpc) is 2.38. The van der Waals surface area contributed by atoms with Crippen LogP contribution in [0.15, 0.2) is 12.3 Å². The zero-order chi connectivity index (χ0) is 13.5. The molecule has 0 aliphatic carbocycles. The van der Waals surface area contributed by atoms with Crippen LogP contribution >= 0.6 is 0 Å². The summed E-state index contributed by atoms with van der Waals surface area (Å²) in [6.07, 6.45) is 1.37. The summed E-state index contributed by atoms with van der Waals surface area (Å²) < 4.78 is 4.58. The van der Waals surface area contributed by atoms with Gasteiger partial charge in [-0.15, -0.1) is 0 Å². The van der Waals surface area contributed by atoms with Gasteiger partial charge in [0.15, 0.2) is 5.82 Å². The Balaban J connectivity index is 3.21. The maximum Gasteiger partial charge on any atom is 0.340 e. The third-order valence-corrected chi connectivity index (χ3v) is 2.20. The van der Waals surface area contributed by atoms with E-state index in [4.69, 9.17) is 16.3 Å². The van der Waals surface area contributed by atoms with Crippen LogP contribution in [0.25, 0.3) is 0 Å². The molecule has 18 heavy (non-hydrogen) atoms. The van der Waals surface area contributed by atoms with Crippen molar-refractivity contribution >= 4 is 17.5 Å². The van der Waals surface area contributed by atoms with Crippen LogP contribution in [0.2, 0.25) is 0 Å². The Morgan fingerprint density at radius 2 is 2.11 bits per heavy atom. The summed E-state index contributed by atoms with van der Waals surface area (Å²) in [6.45, 7) is -0.0925. The normalized spacial score (nSPS) is 9.06. The topological polar surface area (TPSA) is 116 Å². The third kappa shape index (κ3) is 2.66. The zero-order valence-electron chi connectivity index (χ0n) is 9.75. The van der Waals surface area contributed by atoms with Crippen molar-refractivity contribution in [1.29, 1.82) is 10.5 Å². The summed E-state index contributed by atoms with van der Waals surface area (Å²) in [5, 5.41) is 17.4. The van der Waals surface area contributed by atoms with E-state index in [0.717, 1.165) is 0 Å². The highest BCUT2D eigenvalue weighted by Crippen LogP contribution is 2.24. The van der Waals surface area contributed by atoms with Gasteiger partial charge in [-0.2, -0.15) is 10.5 Å². The number of esters is 1. The van der Waals surface area contributed by atoms with Gasteiger partial charge in [-0.25, -0.2) is 9.78 Å². The van der Waals surface area contributed by atoms with Crippen molar-refractivity contribution in [2.24, 2.45) is 0 Å². The van der Waals surface area contributed by atoms with E-state index in [1.165, 1.54) is 24.3 Å². The first-order valence-corrected chi connectivity index (χ1v) is 4.97. The van der Waals surface area contributed by atoms with Crippen molar-refractivity contribution < 1.29 is 9.53 Å². The number of hydrogen-bond donors (Lipinski definition) is 1.